The molecule has 0 aliphatic carbocycles. The smallest absolute Gasteiger partial charge is 0.132 e. The molecule has 0 spiro atoms. The van der Waals surface area contributed by atoms with Crippen LogP contribution < -0.4 is 37.1 Å². The van der Waals surface area contributed by atoms with Crippen molar-refractivity contribution in [3.05, 3.63) is 121 Å². The van der Waals surface area contributed by atoms with Crippen LogP contribution in [-0.2, 0) is 0 Å². The van der Waals surface area contributed by atoms with E-state index in [-0.39, 0.29) is 0 Å². The average Bonchev–Trinajstić information content (AvgIpc) is 2.93. The summed E-state index contributed by atoms with van der Waals surface area (Å²) in [5.41, 5.74) is 5.34. The summed E-state index contributed by atoms with van der Waals surface area (Å²) in [5.74, 6) is 0. The Balaban J connectivity index is 0.000000547. The van der Waals surface area contributed by atoms with Gasteiger partial charge in [-0.3, -0.25) is 17.9 Å². The SMILES string of the molecule is C[N+](C)(C)c1ccccc1.C[N+](C)(C)c1ccccc1.C[N+](C)(C)c1ccccc1.C[N+](C)(C)c1ccccc1.[O-][Si]([O-])([O-])[O-]. The summed E-state index contributed by atoms with van der Waals surface area (Å²) in [4.78, 5) is 34.3. The average molecular weight is 637 g/mol. The zero-order valence-corrected chi connectivity index (χ0v) is 30.5. The van der Waals surface area contributed by atoms with Crippen LogP contribution in [0.4, 0.5) is 22.7 Å². The van der Waals surface area contributed by atoms with Gasteiger partial charge in [-0.25, -0.2) is 0 Å². The lowest BCUT2D eigenvalue weighted by Crippen LogP contribution is -2.82. The fourth-order valence-corrected chi connectivity index (χ4v) is 3.50. The van der Waals surface area contributed by atoms with E-state index in [9.17, 15) is 0 Å². The number of hydrogen-bond donors (Lipinski definition) is 0. The Morgan fingerprint density at radius 2 is 0.400 bits per heavy atom. The molecule has 4 aromatic rings. The molecule has 45 heavy (non-hydrogen) atoms. The number of rotatable bonds is 4. The van der Waals surface area contributed by atoms with Crippen LogP contribution in [0.5, 0.6) is 0 Å². The number of nitrogens with zero attached hydrogens (tertiary/aromatic N) is 4. The second-order valence-electron chi connectivity index (χ2n) is 13.9. The lowest BCUT2D eigenvalue weighted by molar-refractivity contribution is -0.624. The third kappa shape index (κ3) is 22.0. The molecule has 0 fully saturated rings. The van der Waals surface area contributed by atoms with Crippen LogP contribution in [0.1, 0.15) is 0 Å². The maximum Gasteiger partial charge on any atom is 0.132 e. The van der Waals surface area contributed by atoms with Gasteiger partial charge in [-0.15, -0.1) is 0 Å². The first-order chi connectivity index (χ1) is 20.4. The van der Waals surface area contributed by atoms with Gasteiger partial charge in [-0.05, 0) is 48.5 Å². The predicted octanol–water partition coefficient (Wildman–Crippen LogP) is 2.40. The molecule has 0 bridgehead atoms. The van der Waals surface area contributed by atoms with Gasteiger partial charge in [-0.1, -0.05) is 72.8 Å². The number of hydrogen-bond acceptors (Lipinski definition) is 4. The fraction of sp³-hybridized carbons (Fsp3) is 0.333. The zero-order valence-electron chi connectivity index (χ0n) is 29.5. The third-order valence-corrected chi connectivity index (χ3v) is 6.12. The minimum absolute atomic E-state index is 0.890. The number of quaternary nitrogens is 4. The van der Waals surface area contributed by atoms with Crippen LogP contribution in [0.25, 0.3) is 0 Å². The Kier molecular flexibility index (Phi) is 17.3. The minimum Gasteiger partial charge on any atom is -0.894 e. The van der Waals surface area contributed by atoms with Gasteiger partial charge in [0.2, 0.25) is 0 Å². The molecule has 0 atom stereocenters. The van der Waals surface area contributed by atoms with Gasteiger partial charge in [0.25, 0.3) is 0 Å². The summed E-state index contributed by atoms with van der Waals surface area (Å²) in [7, 11) is 20.3. The molecule has 0 heterocycles. The van der Waals surface area contributed by atoms with E-state index >= 15 is 0 Å². The molecule has 0 radical (unpaired) electrons. The molecule has 0 aliphatic heterocycles. The van der Waals surface area contributed by atoms with E-state index in [1.165, 1.54) is 22.7 Å². The Hall–Kier alpha value is -3.22. The highest BCUT2D eigenvalue weighted by Crippen LogP contribution is 2.16. The van der Waals surface area contributed by atoms with Gasteiger partial charge in [0.15, 0.2) is 0 Å². The highest BCUT2D eigenvalue weighted by Gasteiger charge is 2.11. The Labute approximate surface area is 274 Å². The molecule has 0 saturated heterocycles. The summed E-state index contributed by atoms with van der Waals surface area (Å²) < 4.78 is 3.56. The van der Waals surface area contributed by atoms with Crippen molar-refractivity contribution in [2.45, 2.75) is 0 Å². The molecule has 0 aliphatic rings. The van der Waals surface area contributed by atoms with Crippen molar-refractivity contribution < 1.29 is 19.2 Å². The van der Waals surface area contributed by atoms with E-state index in [4.69, 9.17) is 19.2 Å². The molecule has 0 saturated carbocycles. The lowest BCUT2D eigenvalue weighted by Gasteiger charge is -2.67. The van der Waals surface area contributed by atoms with Crippen molar-refractivity contribution in [3.8, 4) is 0 Å². The van der Waals surface area contributed by atoms with E-state index in [0.717, 1.165) is 17.9 Å². The second kappa shape index (κ2) is 18.7. The highest BCUT2D eigenvalue weighted by atomic mass is 28.4. The Morgan fingerprint density at radius 3 is 0.467 bits per heavy atom. The standard InChI is InChI=1S/4C9H14N.O4Si/c4*1-10(2,3)9-7-5-4-6-8-9;1-5(2,3)4/h4*4-8H,1-3H3;/q4*+1;-4. The van der Waals surface area contributed by atoms with Crippen molar-refractivity contribution in [3.63, 3.8) is 0 Å². The predicted molar refractivity (Wildman–Crippen MR) is 190 cm³/mol. The molecule has 0 aromatic heterocycles. The van der Waals surface area contributed by atoms with E-state index in [1.807, 2.05) is 24.3 Å². The molecule has 8 nitrogen and oxygen atoms in total. The van der Waals surface area contributed by atoms with Gasteiger partial charge in [-0.2, -0.15) is 0 Å². The van der Waals surface area contributed by atoms with E-state index in [2.05, 4.69) is 182 Å². The summed E-state index contributed by atoms with van der Waals surface area (Å²) in [5, 5.41) is 0. The second-order valence-corrected chi connectivity index (χ2v) is 14.9. The topological polar surface area (TPSA) is 92.2 Å². The lowest BCUT2D eigenvalue weighted by atomic mass is 10.3. The Morgan fingerprint density at radius 1 is 0.289 bits per heavy atom. The highest BCUT2D eigenvalue weighted by molar-refractivity contribution is 6.38. The first-order valence-corrected chi connectivity index (χ1v) is 16.4. The van der Waals surface area contributed by atoms with Gasteiger partial charge in [0.05, 0.1) is 84.6 Å². The summed E-state index contributed by atoms with van der Waals surface area (Å²) in [6.45, 7) is 0. The third-order valence-electron chi connectivity index (χ3n) is 6.12. The zero-order chi connectivity index (χ0) is 35.0. The van der Waals surface area contributed by atoms with E-state index < -0.39 is 9.05 Å². The van der Waals surface area contributed by atoms with Crippen molar-refractivity contribution in [1.29, 1.82) is 0 Å². The van der Waals surface area contributed by atoms with Crippen LogP contribution in [0.3, 0.4) is 0 Å². The quantitative estimate of drug-likeness (QED) is 0.254. The monoisotopic (exact) mass is 636 g/mol. The summed E-state index contributed by atoms with van der Waals surface area (Å²) in [6.07, 6.45) is 0. The molecule has 4 aromatic carbocycles. The van der Waals surface area contributed by atoms with Crippen molar-refractivity contribution in [2.75, 3.05) is 84.6 Å². The van der Waals surface area contributed by atoms with Crippen LogP contribution in [0, 0.1) is 0 Å². The van der Waals surface area contributed by atoms with Gasteiger partial charge in [0.1, 0.15) is 22.7 Å². The van der Waals surface area contributed by atoms with E-state index in [0.29, 0.717) is 0 Å². The minimum atomic E-state index is -5.61. The summed E-state index contributed by atoms with van der Waals surface area (Å²) in [6, 6.07) is 41.8. The first-order valence-electron chi connectivity index (χ1n) is 14.7. The molecule has 0 N–H and O–H groups in total. The van der Waals surface area contributed by atoms with Gasteiger partial charge >= 0.3 is 0 Å². The van der Waals surface area contributed by atoms with Gasteiger partial charge in [0, 0.05) is 0 Å². The van der Waals surface area contributed by atoms with Crippen molar-refractivity contribution in [1.82, 2.24) is 17.9 Å². The number of benzene rings is 4. The maximum absolute atomic E-state index is 8.58. The van der Waals surface area contributed by atoms with Crippen LogP contribution >= 0.6 is 0 Å². The number of para-hydroxylation sites is 4. The molecule has 0 amide bonds. The largest absolute Gasteiger partial charge is 0.894 e. The van der Waals surface area contributed by atoms with Crippen molar-refractivity contribution >= 4 is 31.8 Å². The first kappa shape index (κ1) is 41.8. The molecule has 248 valence electrons. The van der Waals surface area contributed by atoms with E-state index in [1.54, 1.807) is 0 Å². The molecule has 0 unspecified atom stereocenters. The fourth-order valence-electron chi connectivity index (χ4n) is 3.50. The molecular weight excluding hydrogens is 581 g/mol. The van der Waals surface area contributed by atoms with Crippen LogP contribution in [0.15, 0.2) is 121 Å². The summed E-state index contributed by atoms with van der Waals surface area (Å²) >= 11 is 0. The molecule has 9 heteroatoms. The van der Waals surface area contributed by atoms with Crippen molar-refractivity contribution in [2.24, 2.45) is 0 Å². The normalized spacial score (nSPS) is 11.6. The Bertz CT molecular complexity index is 1090. The van der Waals surface area contributed by atoms with Gasteiger partial charge < -0.3 is 28.2 Å². The van der Waals surface area contributed by atoms with Crippen LogP contribution in [-0.4, -0.2) is 93.6 Å². The molecule has 4 rings (SSSR count). The maximum atomic E-state index is 8.58. The van der Waals surface area contributed by atoms with Crippen LogP contribution in [0.2, 0.25) is 0 Å². The molecular formula is C36H56N4O4Si.